The first kappa shape index (κ1) is 18.3. The van der Waals surface area contributed by atoms with Crippen LogP contribution in [0, 0.1) is 0 Å². The molecule has 1 fully saturated rings. The molecule has 2 aromatic carbocycles. The van der Waals surface area contributed by atoms with E-state index >= 15 is 0 Å². The van der Waals surface area contributed by atoms with E-state index in [1.54, 1.807) is 24.3 Å². The summed E-state index contributed by atoms with van der Waals surface area (Å²) in [5.41, 5.74) is 3.55. The lowest BCUT2D eigenvalue weighted by Crippen LogP contribution is -2.31. The van der Waals surface area contributed by atoms with E-state index in [0.29, 0.717) is 39.4 Å². The van der Waals surface area contributed by atoms with E-state index in [1.807, 2.05) is 30.4 Å². The molecular formula is C26H22N2O3. The van der Waals surface area contributed by atoms with Gasteiger partial charge in [0, 0.05) is 23.2 Å². The summed E-state index contributed by atoms with van der Waals surface area (Å²) in [5, 5.41) is 3.58. The number of rotatable bonds is 2. The van der Waals surface area contributed by atoms with Crippen molar-refractivity contribution in [3.05, 3.63) is 76.9 Å². The van der Waals surface area contributed by atoms with Crippen LogP contribution in [-0.2, 0) is 0 Å². The van der Waals surface area contributed by atoms with Crippen LogP contribution in [0.3, 0.4) is 0 Å². The van der Waals surface area contributed by atoms with Crippen LogP contribution in [0.25, 0.3) is 0 Å². The summed E-state index contributed by atoms with van der Waals surface area (Å²) in [6.07, 6.45) is 13.1. The van der Waals surface area contributed by atoms with Gasteiger partial charge in [0.05, 0.1) is 22.5 Å². The van der Waals surface area contributed by atoms with Gasteiger partial charge in [-0.1, -0.05) is 55.7 Å². The van der Waals surface area contributed by atoms with Gasteiger partial charge >= 0.3 is 0 Å². The molecule has 154 valence electrons. The van der Waals surface area contributed by atoms with E-state index in [4.69, 9.17) is 9.73 Å². The number of hydrogen-bond acceptors (Lipinski definition) is 5. The Hall–Kier alpha value is -3.47. The molecule has 4 aliphatic rings. The SMILES string of the molecule is O=C1c2ccccc2C(=O)c2c3c(cc(NC4CCCCC4)c21)OC1C=CC=CC1=N3. The highest BCUT2D eigenvalue weighted by molar-refractivity contribution is 6.32. The molecule has 0 bridgehead atoms. The standard InChI is InChI=1S/C26H22N2O3/c29-25-16-10-4-5-11-17(16)26(30)23-22(25)19(27-15-8-2-1-3-9-15)14-21-24(23)28-18-12-6-7-13-20(18)31-21/h4-7,10-15,20,27H,1-3,8-9H2. The van der Waals surface area contributed by atoms with Gasteiger partial charge in [0.25, 0.3) is 0 Å². The molecule has 5 nitrogen and oxygen atoms in total. The predicted octanol–water partition coefficient (Wildman–Crippen LogP) is 5.17. The van der Waals surface area contributed by atoms with Gasteiger partial charge in [-0.25, -0.2) is 4.99 Å². The van der Waals surface area contributed by atoms with Crippen LogP contribution in [0.4, 0.5) is 11.4 Å². The van der Waals surface area contributed by atoms with Crippen molar-refractivity contribution in [3.8, 4) is 5.75 Å². The molecule has 3 aliphatic carbocycles. The second-order valence-corrected chi connectivity index (χ2v) is 8.52. The highest BCUT2D eigenvalue weighted by Crippen LogP contribution is 2.46. The minimum absolute atomic E-state index is 0.132. The van der Waals surface area contributed by atoms with Gasteiger partial charge in [-0.15, -0.1) is 0 Å². The van der Waals surface area contributed by atoms with E-state index in [0.717, 1.165) is 18.6 Å². The molecule has 1 aliphatic heterocycles. The average molecular weight is 410 g/mol. The fraction of sp³-hybridized carbons (Fsp3) is 0.269. The second kappa shape index (κ2) is 7.05. The van der Waals surface area contributed by atoms with Crippen LogP contribution in [-0.4, -0.2) is 29.4 Å². The summed E-state index contributed by atoms with van der Waals surface area (Å²) in [7, 11) is 0. The molecule has 0 amide bonds. The number of nitrogens with zero attached hydrogens (tertiary/aromatic N) is 1. The molecule has 0 spiro atoms. The van der Waals surface area contributed by atoms with E-state index in [2.05, 4.69) is 5.32 Å². The van der Waals surface area contributed by atoms with Crippen LogP contribution in [0.2, 0.25) is 0 Å². The number of allylic oxidation sites excluding steroid dienone is 2. The molecule has 1 unspecified atom stereocenters. The molecule has 1 atom stereocenters. The summed E-state index contributed by atoms with van der Waals surface area (Å²) in [6.45, 7) is 0. The normalized spacial score (nSPS) is 21.4. The van der Waals surface area contributed by atoms with E-state index in [9.17, 15) is 9.59 Å². The zero-order valence-corrected chi connectivity index (χ0v) is 17.1. The fourth-order valence-corrected chi connectivity index (χ4v) is 5.01. The number of fused-ring (bicyclic) bond motifs is 5. The Labute approximate surface area is 180 Å². The van der Waals surface area contributed by atoms with Crippen LogP contribution in [0.5, 0.6) is 5.75 Å². The van der Waals surface area contributed by atoms with Gasteiger partial charge in [-0.2, -0.15) is 0 Å². The van der Waals surface area contributed by atoms with Gasteiger partial charge in [0.1, 0.15) is 11.4 Å². The Morgan fingerprint density at radius 3 is 2.45 bits per heavy atom. The smallest absolute Gasteiger partial charge is 0.196 e. The third-order valence-electron chi connectivity index (χ3n) is 6.55. The second-order valence-electron chi connectivity index (χ2n) is 8.52. The number of hydrogen-bond donors (Lipinski definition) is 1. The Kier molecular flexibility index (Phi) is 4.16. The summed E-state index contributed by atoms with van der Waals surface area (Å²) < 4.78 is 6.23. The van der Waals surface area contributed by atoms with Gasteiger partial charge in [-0.05, 0) is 25.0 Å². The quantitative estimate of drug-likeness (QED) is 0.633. The molecule has 5 heteroatoms. The molecule has 0 saturated heterocycles. The lowest BCUT2D eigenvalue weighted by Gasteiger charge is -2.31. The summed E-state index contributed by atoms with van der Waals surface area (Å²) in [4.78, 5) is 32.0. The molecule has 6 rings (SSSR count). The van der Waals surface area contributed by atoms with Crippen molar-refractivity contribution in [1.29, 1.82) is 0 Å². The highest BCUT2D eigenvalue weighted by Gasteiger charge is 2.38. The number of aliphatic imine (C=N–C) groups is 1. The van der Waals surface area contributed by atoms with Crippen molar-refractivity contribution in [2.24, 2.45) is 4.99 Å². The van der Waals surface area contributed by atoms with Crippen molar-refractivity contribution >= 4 is 28.7 Å². The van der Waals surface area contributed by atoms with Crippen molar-refractivity contribution in [2.45, 2.75) is 44.2 Å². The molecule has 0 radical (unpaired) electrons. The van der Waals surface area contributed by atoms with Crippen molar-refractivity contribution in [1.82, 2.24) is 0 Å². The molecule has 1 saturated carbocycles. The number of benzene rings is 2. The Morgan fingerprint density at radius 1 is 0.935 bits per heavy atom. The van der Waals surface area contributed by atoms with Crippen LogP contribution >= 0.6 is 0 Å². The number of ketones is 2. The first-order chi connectivity index (χ1) is 15.2. The Bertz CT molecular complexity index is 1220. The van der Waals surface area contributed by atoms with E-state index in [-0.39, 0.29) is 23.7 Å². The minimum atomic E-state index is -0.278. The Morgan fingerprint density at radius 2 is 1.68 bits per heavy atom. The van der Waals surface area contributed by atoms with Gasteiger partial charge in [-0.3, -0.25) is 9.59 Å². The van der Waals surface area contributed by atoms with Crippen molar-refractivity contribution < 1.29 is 14.3 Å². The zero-order chi connectivity index (χ0) is 20.9. The van der Waals surface area contributed by atoms with Gasteiger partial charge < -0.3 is 10.1 Å². The van der Waals surface area contributed by atoms with Gasteiger partial charge in [0.15, 0.2) is 17.7 Å². The number of nitrogens with one attached hydrogen (secondary N) is 1. The molecule has 2 aromatic rings. The molecule has 1 heterocycles. The number of anilines is 1. The maximum Gasteiger partial charge on any atom is 0.196 e. The van der Waals surface area contributed by atoms with Crippen molar-refractivity contribution in [3.63, 3.8) is 0 Å². The average Bonchev–Trinajstić information content (AvgIpc) is 2.81. The summed E-state index contributed by atoms with van der Waals surface area (Å²) in [5.74, 6) is 0.245. The maximum atomic E-state index is 13.6. The molecule has 0 aromatic heterocycles. The van der Waals surface area contributed by atoms with Crippen LogP contribution < -0.4 is 10.1 Å². The predicted molar refractivity (Wildman–Crippen MR) is 120 cm³/mol. The lowest BCUT2D eigenvalue weighted by atomic mass is 9.81. The zero-order valence-electron chi connectivity index (χ0n) is 17.1. The summed E-state index contributed by atoms with van der Waals surface area (Å²) >= 11 is 0. The van der Waals surface area contributed by atoms with Gasteiger partial charge in [0.2, 0.25) is 0 Å². The lowest BCUT2D eigenvalue weighted by molar-refractivity contribution is 0.0979. The van der Waals surface area contributed by atoms with E-state index in [1.165, 1.54) is 19.3 Å². The molecule has 1 N–H and O–H groups in total. The van der Waals surface area contributed by atoms with Crippen molar-refractivity contribution in [2.75, 3.05) is 5.32 Å². The van der Waals surface area contributed by atoms with Crippen LogP contribution in [0.1, 0.15) is 63.9 Å². The van der Waals surface area contributed by atoms with E-state index < -0.39 is 0 Å². The fourth-order valence-electron chi connectivity index (χ4n) is 5.01. The first-order valence-electron chi connectivity index (χ1n) is 11.0. The monoisotopic (exact) mass is 410 g/mol. The third-order valence-corrected chi connectivity index (χ3v) is 6.55. The molecular weight excluding hydrogens is 388 g/mol. The minimum Gasteiger partial charge on any atom is -0.478 e. The molecule has 31 heavy (non-hydrogen) atoms. The highest BCUT2D eigenvalue weighted by atomic mass is 16.5. The first-order valence-corrected chi connectivity index (χ1v) is 11.0. The topological polar surface area (TPSA) is 67.8 Å². The third kappa shape index (κ3) is 2.87. The Balaban J connectivity index is 1.56. The number of ether oxygens (including phenoxy) is 1. The maximum absolute atomic E-state index is 13.6. The largest absolute Gasteiger partial charge is 0.478 e. The summed E-state index contributed by atoms with van der Waals surface area (Å²) in [6, 6.07) is 9.20. The number of carbonyl (C=O) groups is 2. The van der Waals surface area contributed by atoms with Crippen LogP contribution in [0.15, 0.2) is 59.6 Å². The number of carbonyl (C=O) groups excluding carboxylic acids is 2.